The number of fused-ring (bicyclic) bond motifs is 1. The summed E-state index contributed by atoms with van der Waals surface area (Å²) >= 11 is 3.49. The van der Waals surface area contributed by atoms with E-state index in [2.05, 4.69) is 32.3 Å². The molecule has 0 saturated heterocycles. The minimum atomic E-state index is -0.466. The molecule has 0 bridgehead atoms. The van der Waals surface area contributed by atoms with Crippen molar-refractivity contribution in [1.29, 1.82) is 0 Å². The smallest absolute Gasteiger partial charge is 0.287 e. The van der Waals surface area contributed by atoms with Crippen LogP contribution < -0.4 is 10.1 Å². The third kappa shape index (κ3) is 2.97. The number of ether oxygens (including phenoxy) is 1. The van der Waals surface area contributed by atoms with Crippen LogP contribution in [0, 0.1) is 10.1 Å². The first-order chi connectivity index (χ1) is 10.1. The maximum atomic E-state index is 10.6. The van der Waals surface area contributed by atoms with Gasteiger partial charge in [0.25, 0.3) is 5.69 Å². The summed E-state index contributed by atoms with van der Waals surface area (Å²) in [5.41, 5.74) is 2.21. The number of nitro groups is 1. The fourth-order valence-electron chi connectivity index (χ4n) is 2.26. The van der Waals surface area contributed by atoms with Gasteiger partial charge in [0.2, 0.25) is 0 Å². The number of anilines is 1. The first-order valence-corrected chi connectivity index (χ1v) is 7.21. The number of rotatable bonds is 4. The highest BCUT2D eigenvalue weighted by atomic mass is 79.9. The minimum absolute atomic E-state index is 0.0211. The molecule has 3 rings (SSSR count). The second kappa shape index (κ2) is 5.69. The Kier molecular flexibility index (Phi) is 3.74. The molecule has 2 heterocycles. The molecule has 1 N–H and O–H groups in total. The van der Waals surface area contributed by atoms with Crippen LogP contribution in [-0.2, 0) is 13.0 Å². The molecular formula is C14H12BrN3O3. The Bertz CT molecular complexity index is 689. The molecule has 0 fully saturated rings. The van der Waals surface area contributed by atoms with Crippen LogP contribution in [0.25, 0.3) is 0 Å². The summed E-state index contributed by atoms with van der Waals surface area (Å²) in [5, 5.41) is 13.7. The lowest BCUT2D eigenvalue weighted by Gasteiger charge is -2.10. The van der Waals surface area contributed by atoms with Crippen molar-refractivity contribution in [3.05, 3.63) is 56.2 Å². The fourth-order valence-corrected chi connectivity index (χ4v) is 2.81. The van der Waals surface area contributed by atoms with Crippen LogP contribution in [0.15, 0.2) is 34.9 Å². The molecular weight excluding hydrogens is 338 g/mol. The van der Waals surface area contributed by atoms with Gasteiger partial charge in [-0.25, -0.2) is 4.98 Å². The Balaban J connectivity index is 1.75. The van der Waals surface area contributed by atoms with Gasteiger partial charge in [-0.15, -0.1) is 0 Å². The van der Waals surface area contributed by atoms with Gasteiger partial charge in [0.05, 0.1) is 11.5 Å². The molecule has 0 amide bonds. The Labute approximate surface area is 129 Å². The maximum Gasteiger partial charge on any atom is 0.287 e. The lowest BCUT2D eigenvalue weighted by atomic mass is 10.1. The summed E-state index contributed by atoms with van der Waals surface area (Å²) in [7, 11) is 0. The van der Waals surface area contributed by atoms with Crippen molar-refractivity contribution in [3.63, 3.8) is 0 Å². The van der Waals surface area contributed by atoms with Gasteiger partial charge in [0, 0.05) is 29.1 Å². The molecule has 0 atom stereocenters. The van der Waals surface area contributed by atoms with Crippen LogP contribution in [0.2, 0.25) is 0 Å². The number of aromatic nitrogens is 1. The van der Waals surface area contributed by atoms with Gasteiger partial charge in [-0.2, -0.15) is 0 Å². The van der Waals surface area contributed by atoms with E-state index in [0.29, 0.717) is 19.0 Å². The molecule has 1 aromatic heterocycles. The largest absolute Gasteiger partial charge is 0.493 e. The second-order valence-corrected chi connectivity index (χ2v) is 5.58. The Morgan fingerprint density at radius 2 is 2.29 bits per heavy atom. The Hall–Kier alpha value is -2.15. The monoisotopic (exact) mass is 349 g/mol. The summed E-state index contributed by atoms with van der Waals surface area (Å²) in [4.78, 5) is 14.1. The van der Waals surface area contributed by atoms with Gasteiger partial charge in [-0.3, -0.25) is 10.1 Å². The average molecular weight is 350 g/mol. The van der Waals surface area contributed by atoms with E-state index >= 15 is 0 Å². The number of nitrogens with one attached hydrogen (secondary N) is 1. The van der Waals surface area contributed by atoms with Crippen molar-refractivity contribution >= 4 is 27.4 Å². The summed E-state index contributed by atoms with van der Waals surface area (Å²) in [6, 6.07) is 7.09. The van der Waals surface area contributed by atoms with E-state index in [1.54, 1.807) is 6.07 Å². The normalized spacial score (nSPS) is 12.6. The zero-order valence-corrected chi connectivity index (χ0v) is 12.6. The van der Waals surface area contributed by atoms with Gasteiger partial charge >= 0.3 is 0 Å². The highest BCUT2D eigenvalue weighted by molar-refractivity contribution is 9.10. The van der Waals surface area contributed by atoms with Crippen LogP contribution in [0.4, 0.5) is 11.5 Å². The quantitative estimate of drug-likeness (QED) is 0.676. The number of nitrogens with zero attached hydrogens (tertiary/aromatic N) is 2. The van der Waals surface area contributed by atoms with E-state index in [9.17, 15) is 10.1 Å². The number of halogens is 1. The summed E-state index contributed by atoms with van der Waals surface area (Å²) in [5.74, 6) is 1.51. The molecule has 21 heavy (non-hydrogen) atoms. The van der Waals surface area contributed by atoms with E-state index in [1.807, 2.05) is 6.07 Å². The Morgan fingerprint density at radius 1 is 1.43 bits per heavy atom. The summed E-state index contributed by atoms with van der Waals surface area (Å²) in [6.45, 7) is 1.25. The average Bonchev–Trinajstić information content (AvgIpc) is 2.93. The summed E-state index contributed by atoms with van der Waals surface area (Å²) < 4.78 is 6.67. The van der Waals surface area contributed by atoms with Gasteiger partial charge in [-0.1, -0.05) is 15.9 Å². The second-order valence-electron chi connectivity index (χ2n) is 4.66. The van der Waals surface area contributed by atoms with Crippen molar-refractivity contribution in [2.24, 2.45) is 0 Å². The zero-order valence-electron chi connectivity index (χ0n) is 11.0. The van der Waals surface area contributed by atoms with Crippen molar-refractivity contribution in [2.45, 2.75) is 13.0 Å². The number of hydrogen-bond donors (Lipinski definition) is 1. The molecule has 108 valence electrons. The molecule has 1 aromatic carbocycles. The minimum Gasteiger partial charge on any atom is -0.493 e. The third-order valence-corrected chi connectivity index (χ3v) is 3.70. The van der Waals surface area contributed by atoms with E-state index in [0.717, 1.165) is 22.2 Å². The molecule has 1 aliphatic rings. The van der Waals surface area contributed by atoms with E-state index in [-0.39, 0.29) is 5.69 Å². The fraction of sp³-hybridized carbons (Fsp3) is 0.214. The van der Waals surface area contributed by atoms with Crippen LogP contribution >= 0.6 is 15.9 Å². The van der Waals surface area contributed by atoms with Crippen molar-refractivity contribution in [2.75, 3.05) is 11.9 Å². The van der Waals surface area contributed by atoms with Crippen molar-refractivity contribution < 1.29 is 9.66 Å². The third-order valence-electron chi connectivity index (χ3n) is 3.24. The van der Waals surface area contributed by atoms with Gasteiger partial charge in [-0.05, 0) is 23.8 Å². The molecule has 0 saturated carbocycles. The molecule has 0 radical (unpaired) electrons. The predicted molar refractivity (Wildman–Crippen MR) is 81.6 cm³/mol. The summed E-state index contributed by atoms with van der Waals surface area (Å²) in [6.07, 6.45) is 2.15. The van der Waals surface area contributed by atoms with E-state index in [4.69, 9.17) is 4.74 Å². The predicted octanol–water partition coefficient (Wildman–Crippen LogP) is 3.30. The SMILES string of the molecule is O=[N+]([O-])c1ccc(NCc2cc(Br)cc3c2OCC3)nc1. The van der Waals surface area contributed by atoms with Crippen molar-refractivity contribution in [1.82, 2.24) is 4.98 Å². The van der Waals surface area contributed by atoms with E-state index < -0.39 is 4.92 Å². The Morgan fingerprint density at radius 3 is 3.00 bits per heavy atom. The van der Waals surface area contributed by atoms with Crippen molar-refractivity contribution in [3.8, 4) is 5.75 Å². The van der Waals surface area contributed by atoms with Gasteiger partial charge in [0.15, 0.2) is 0 Å². The first kappa shape index (κ1) is 13.8. The standard InChI is InChI=1S/C14H12BrN3O3/c15-11-5-9-3-4-21-14(9)10(6-11)7-16-13-2-1-12(8-17-13)18(19)20/h1-2,5-6,8H,3-4,7H2,(H,16,17). The molecule has 2 aromatic rings. The van der Waals surface area contributed by atoms with Crippen LogP contribution in [0.1, 0.15) is 11.1 Å². The number of benzene rings is 1. The van der Waals surface area contributed by atoms with Gasteiger partial charge < -0.3 is 10.1 Å². The lowest BCUT2D eigenvalue weighted by molar-refractivity contribution is -0.385. The molecule has 1 aliphatic heterocycles. The van der Waals surface area contributed by atoms with Crippen LogP contribution in [0.3, 0.4) is 0 Å². The molecule has 0 spiro atoms. The molecule has 0 unspecified atom stereocenters. The highest BCUT2D eigenvalue weighted by Crippen LogP contribution is 2.33. The highest BCUT2D eigenvalue weighted by Gasteiger charge is 2.17. The van der Waals surface area contributed by atoms with Gasteiger partial charge in [0.1, 0.15) is 17.8 Å². The molecule has 6 nitrogen and oxygen atoms in total. The van der Waals surface area contributed by atoms with Crippen LogP contribution in [-0.4, -0.2) is 16.5 Å². The molecule has 0 aliphatic carbocycles. The maximum absolute atomic E-state index is 10.6. The number of hydrogen-bond acceptors (Lipinski definition) is 5. The first-order valence-electron chi connectivity index (χ1n) is 6.42. The van der Waals surface area contributed by atoms with Crippen LogP contribution in [0.5, 0.6) is 5.75 Å². The lowest BCUT2D eigenvalue weighted by Crippen LogP contribution is -2.03. The molecule has 7 heteroatoms. The number of pyridine rings is 1. The van der Waals surface area contributed by atoms with E-state index in [1.165, 1.54) is 17.8 Å². The zero-order chi connectivity index (χ0) is 14.8. The topological polar surface area (TPSA) is 77.3 Å².